The number of pyridine rings is 1. The second kappa shape index (κ2) is 9.43. The van der Waals surface area contributed by atoms with Gasteiger partial charge in [0.05, 0.1) is 17.0 Å². The molecule has 1 saturated heterocycles. The molecule has 0 unspecified atom stereocenters. The summed E-state index contributed by atoms with van der Waals surface area (Å²) in [4.78, 5) is 45.3. The number of amides is 3. The van der Waals surface area contributed by atoms with Crippen molar-refractivity contribution in [3.63, 3.8) is 0 Å². The lowest BCUT2D eigenvalue weighted by atomic mass is 9.78. The predicted octanol–water partition coefficient (Wildman–Crippen LogP) is 5.42. The van der Waals surface area contributed by atoms with Crippen molar-refractivity contribution in [2.75, 3.05) is 17.2 Å². The van der Waals surface area contributed by atoms with Gasteiger partial charge in [-0.2, -0.15) is 13.2 Å². The highest BCUT2D eigenvalue weighted by Gasteiger charge is 2.51. The Labute approximate surface area is 235 Å². The third kappa shape index (κ3) is 4.65. The van der Waals surface area contributed by atoms with Gasteiger partial charge in [0.1, 0.15) is 12.4 Å². The zero-order valence-corrected chi connectivity index (χ0v) is 22.6. The van der Waals surface area contributed by atoms with Gasteiger partial charge in [-0.3, -0.25) is 14.4 Å². The van der Waals surface area contributed by atoms with Crippen LogP contribution in [0.2, 0.25) is 0 Å². The fourth-order valence-electron chi connectivity index (χ4n) is 6.44. The molecule has 1 spiro atoms. The van der Waals surface area contributed by atoms with Gasteiger partial charge in [0.2, 0.25) is 17.7 Å². The number of likely N-dealkylation sites (tertiary alicyclic amines) is 1. The molecule has 0 radical (unpaired) electrons. The molecule has 41 heavy (non-hydrogen) atoms. The number of halogens is 3. The van der Waals surface area contributed by atoms with E-state index in [4.69, 9.17) is 0 Å². The number of carbonyl (C=O) groups excluding carboxylic acids is 3. The molecule has 1 aromatic heterocycles. The maximum atomic E-state index is 13.4. The van der Waals surface area contributed by atoms with Crippen LogP contribution < -0.4 is 10.6 Å². The SMILES string of the molecule is CC1(C)CC[C@@H](c2cccc(C(F)(F)F)c2)N(CC(=O)Nc2ccc3c(c2)C[C@@]2(C3)C(=O)Nc3ncccc32)C1=O. The van der Waals surface area contributed by atoms with Gasteiger partial charge in [0.25, 0.3) is 0 Å². The van der Waals surface area contributed by atoms with E-state index in [0.717, 1.165) is 28.8 Å². The molecule has 1 aliphatic carbocycles. The van der Waals surface area contributed by atoms with E-state index >= 15 is 0 Å². The topological polar surface area (TPSA) is 91.4 Å². The smallest absolute Gasteiger partial charge is 0.326 e. The average molecular weight is 563 g/mol. The summed E-state index contributed by atoms with van der Waals surface area (Å²) in [6.45, 7) is 3.27. The van der Waals surface area contributed by atoms with Crippen LogP contribution in [0.1, 0.15) is 60.5 Å². The lowest BCUT2D eigenvalue weighted by Crippen LogP contribution is -2.50. The van der Waals surface area contributed by atoms with Gasteiger partial charge < -0.3 is 15.5 Å². The summed E-state index contributed by atoms with van der Waals surface area (Å²) in [5, 5.41) is 5.74. The molecule has 10 heteroatoms. The van der Waals surface area contributed by atoms with Crippen LogP contribution in [0.5, 0.6) is 0 Å². The lowest BCUT2D eigenvalue weighted by Gasteiger charge is -2.43. The van der Waals surface area contributed by atoms with Crippen LogP contribution in [-0.2, 0) is 38.8 Å². The lowest BCUT2D eigenvalue weighted by molar-refractivity contribution is -0.150. The predicted molar refractivity (Wildman–Crippen MR) is 146 cm³/mol. The van der Waals surface area contributed by atoms with Gasteiger partial charge in [0, 0.05) is 22.9 Å². The molecule has 2 N–H and O–H groups in total. The summed E-state index contributed by atoms with van der Waals surface area (Å²) in [5.74, 6) is -0.256. The first kappa shape index (κ1) is 27.0. The maximum Gasteiger partial charge on any atom is 0.416 e. The summed E-state index contributed by atoms with van der Waals surface area (Å²) in [6.07, 6.45) is -0.958. The summed E-state index contributed by atoms with van der Waals surface area (Å²) >= 11 is 0. The highest BCUT2D eigenvalue weighted by atomic mass is 19.4. The van der Waals surface area contributed by atoms with Crippen molar-refractivity contribution in [3.8, 4) is 0 Å². The highest BCUT2D eigenvalue weighted by molar-refractivity contribution is 6.06. The number of benzene rings is 2. The van der Waals surface area contributed by atoms with E-state index in [9.17, 15) is 27.6 Å². The Hall–Kier alpha value is -4.21. The summed E-state index contributed by atoms with van der Waals surface area (Å²) in [5.41, 5.74) is 1.41. The second-order valence-electron chi connectivity index (χ2n) is 11.8. The van der Waals surface area contributed by atoms with Crippen molar-refractivity contribution in [3.05, 3.63) is 88.6 Å². The maximum absolute atomic E-state index is 13.4. The molecule has 3 aromatic rings. The number of alkyl halides is 3. The van der Waals surface area contributed by atoms with Crippen molar-refractivity contribution in [1.29, 1.82) is 0 Å². The largest absolute Gasteiger partial charge is 0.416 e. The molecule has 1 fully saturated rings. The van der Waals surface area contributed by atoms with Gasteiger partial charge >= 0.3 is 6.18 Å². The van der Waals surface area contributed by atoms with E-state index in [-0.39, 0.29) is 18.4 Å². The van der Waals surface area contributed by atoms with Gasteiger partial charge in [0.15, 0.2) is 0 Å². The Bertz CT molecular complexity index is 1580. The zero-order valence-electron chi connectivity index (χ0n) is 22.6. The molecule has 6 rings (SSSR count). The Kier molecular flexibility index (Phi) is 6.20. The Morgan fingerprint density at radius 2 is 1.85 bits per heavy atom. The normalized spacial score (nSPS) is 22.9. The molecule has 0 bridgehead atoms. The number of aromatic nitrogens is 1. The van der Waals surface area contributed by atoms with Gasteiger partial charge in [-0.25, -0.2) is 4.98 Å². The number of anilines is 2. The van der Waals surface area contributed by atoms with Crippen LogP contribution in [0.4, 0.5) is 24.7 Å². The number of hydrogen-bond acceptors (Lipinski definition) is 4. The number of nitrogens with zero attached hydrogens (tertiary/aromatic N) is 2. The molecule has 7 nitrogen and oxygen atoms in total. The van der Waals surface area contributed by atoms with E-state index in [2.05, 4.69) is 15.6 Å². The van der Waals surface area contributed by atoms with Crippen LogP contribution in [0.3, 0.4) is 0 Å². The Morgan fingerprint density at radius 3 is 2.63 bits per heavy atom. The first-order valence-electron chi connectivity index (χ1n) is 13.5. The van der Waals surface area contributed by atoms with E-state index in [1.165, 1.54) is 11.0 Å². The fraction of sp³-hybridized carbons (Fsp3) is 0.355. The van der Waals surface area contributed by atoms with Crippen LogP contribution >= 0.6 is 0 Å². The third-order valence-corrected chi connectivity index (χ3v) is 8.64. The van der Waals surface area contributed by atoms with E-state index in [0.29, 0.717) is 42.8 Å². The highest BCUT2D eigenvalue weighted by Crippen LogP contribution is 2.47. The molecule has 3 amide bonds. The van der Waals surface area contributed by atoms with Crippen molar-refractivity contribution in [1.82, 2.24) is 9.88 Å². The number of hydrogen-bond donors (Lipinski definition) is 2. The van der Waals surface area contributed by atoms with Gasteiger partial charge in [-0.1, -0.05) is 38.1 Å². The molecule has 2 atom stereocenters. The average Bonchev–Trinajstić information content (AvgIpc) is 3.43. The number of fused-ring (bicyclic) bond motifs is 3. The molecular weight excluding hydrogens is 533 g/mol. The second-order valence-corrected chi connectivity index (χ2v) is 11.8. The minimum absolute atomic E-state index is 0.0974. The number of rotatable bonds is 4. The monoisotopic (exact) mass is 562 g/mol. The molecule has 0 saturated carbocycles. The zero-order chi connectivity index (χ0) is 29.2. The van der Waals surface area contributed by atoms with Crippen LogP contribution in [0.25, 0.3) is 0 Å². The van der Waals surface area contributed by atoms with Crippen LogP contribution in [-0.4, -0.2) is 34.2 Å². The van der Waals surface area contributed by atoms with Crippen LogP contribution in [0, 0.1) is 5.41 Å². The molecule has 3 aliphatic rings. The number of piperidine rings is 1. The molecule has 2 aliphatic heterocycles. The fourth-order valence-corrected chi connectivity index (χ4v) is 6.44. The minimum atomic E-state index is -4.51. The minimum Gasteiger partial charge on any atom is -0.326 e. The summed E-state index contributed by atoms with van der Waals surface area (Å²) in [6, 6.07) is 13.5. The van der Waals surface area contributed by atoms with E-state index in [1.807, 2.05) is 24.3 Å². The molecule has 212 valence electrons. The Morgan fingerprint density at radius 1 is 1.07 bits per heavy atom. The number of nitrogens with one attached hydrogen (secondary N) is 2. The molecule has 3 heterocycles. The summed E-state index contributed by atoms with van der Waals surface area (Å²) < 4.78 is 40.2. The third-order valence-electron chi connectivity index (χ3n) is 8.64. The molecule has 2 aromatic carbocycles. The van der Waals surface area contributed by atoms with Crippen molar-refractivity contribution in [2.24, 2.45) is 5.41 Å². The summed E-state index contributed by atoms with van der Waals surface area (Å²) in [7, 11) is 0. The first-order chi connectivity index (χ1) is 19.4. The van der Waals surface area contributed by atoms with E-state index < -0.39 is 34.5 Å². The van der Waals surface area contributed by atoms with E-state index in [1.54, 1.807) is 32.2 Å². The molecular formula is C31H29F3N4O3. The first-order valence-corrected chi connectivity index (χ1v) is 13.5. The van der Waals surface area contributed by atoms with Crippen molar-refractivity contribution >= 4 is 29.2 Å². The quantitative estimate of drug-likeness (QED) is 0.445. The van der Waals surface area contributed by atoms with Crippen molar-refractivity contribution < 1.29 is 27.6 Å². The van der Waals surface area contributed by atoms with Crippen LogP contribution in [0.15, 0.2) is 60.8 Å². The van der Waals surface area contributed by atoms with Gasteiger partial charge in [-0.05, 0) is 72.7 Å². The van der Waals surface area contributed by atoms with Crippen molar-refractivity contribution in [2.45, 2.75) is 57.2 Å². The Balaban J connectivity index is 1.21. The number of carbonyl (C=O) groups is 3. The standard InChI is InChI=1S/C31H29F3N4O3/c1-29(2)11-10-24(18-5-3-6-21(13-18)31(32,33)34)38(28(29)41)17-25(39)36-22-9-8-19-15-30(16-20(19)14-22)23-7-4-12-35-26(23)37-27(30)40/h3-9,12-14,24H,10-11,15-17H2,1-2H3,(H,36,39)(H,35,37,40)/t24-,30+/m0/s1. The van der Waals surface area contributed by atoms with Gasteiger partial charge in [-0.15, -0.1) is 0 Å².